The highest BCUT2D eigenvalue weighted by Gasteiger charge is 2.30. The van der Waals surface area contributed by atoms with Gasteiger partial charge in [-0.1, -0.05) is 23.7 Å². The fourth-order valence-electron chi connectivity index (χ4n) is 2.38. The molecule has 1 aromatic carbocycles. The lowest BCUT2D eigenvalue weighted by atomic mass is 10.2. The van der Waals surface area contributed by atoms with Gasteiger partial charge in [-0.15, -0.1) is 11.8 Å². The average Bonchev–Trinajstić information content (AvgIpc) is 3.09. The van der Waals surface area contributed by atoms with E-state index in [-0.39, 0.29) is 11.3 Å². The van der Waals surface area contributed by atoms with Crippen LogP contribution < -0.4 is 0 Å². The quantitative estimate of drug-likeness (QED) is 0.868. The number of carbonyl (C=O) groups excluding carboxylic acids is 1. The van der Waals surface area contributed by atoms with Gasteiger partial charge in [-0.3, -0.25) is 4.79 Å². The SMILES string of the molecule is O=C(Cn1cccc1)N1CCSC1c1cccc(Cl)c1. The van der Waals surface area contributed by atoms with Gasteiger partial charge in [0, 0.05) is 29.7 Å². The molecule has 0 saturated carbocycles. The van der Waals surface area contributed by atoms with Crippen LogP contribution in [0, 0.1) is 0 Å². The van der Waals surface area contributed by atoms with E-state index in [0.717, 1.165) is 17.9 Å². The predicted molar refractivity (Wildman–Crippen MR) is 82.8 cm³/mol. The summed E-state index contributed by atoms with van der Waals surface area (Å²) < 4.78 is 1.90. The molecule has 0 bridgehead atoms. The maximum atomic E-state index is 12.4. The zero-order chi connectivity index (χ0) is 13.9. The Morgan fingerprint density at radius 2 is 2.10 bits per heavy atom. The van der Waals surface area contributed by atoms with Gasteiger partial charge in [0.2, 0.25) is 5.91 Å². The molecule has 1 unspecified atom stereocenters. The third-order valence-electron chi connectivity index (χ3n) is 3.33. The largest absolute Gasteiger partial charge is 0.345 e. The molecule has 1 saturated heterocycles. The van der Waals surface area contributed by atoms with Crippen LogP contribution in [0.3, 0.4) is 0 Å². The molecule has 1 atom stereocenters. The number of amides is 1. The van der Waals surface area contributed by atoms with Gasteiger partial charge in [-0.2, -0.15) is 0 Å². The van der Waals surface area contributed by atoms with Crippen LogP contribution in [-0.4, -0.2) is 27.7 Å². The van der Waals surface area contributed by atoms with Gasteiger partial charge < -0.3 is 9.47 Å². The molecule has 0 radical (unpaired) electrons. The molecular formula is C15H15ClN2OS. The molecular weight excluding hydrogens is 292 g/mol. The Morgan fingerprint density at radius 3 is 2.85 bits per heavy atom. The summed E-state index contributed by atoms with van der Waals surface area (Å²) in [5.41, 5.74) is 1.10. The molecule has 3 nitrogen and oxygen atoms in total. The molecule has 3 rings (SSSR count). The van der Waals surface area contributed by atoms with Crippen molar-refractivity contribution in [1.29, 1.82) is 0 Å². The predicted octanol–water partition coefficient (Wildman–Crippen LogP) is 3.42. The number of rotatable bonds is 3. The fraction of sp³-hybridized carbons (Fsp3) is 0.267. The van der Waals surface area contributed by atoms with Gasteiger partial charge in [-0.05, 0) is 29.8 Å². The van der Waals surface area contributed by atoms with Crippen molar-refractivity contribution in [3.8, 4) is 0 Å². The maximum absolute atomic E-state index is 12.4. The van der Waals surface area contributed by atoms with Crippen molar-refractivity contribution in [2.24, 2.45) is 0 Å². The number of aromatic nitrogens is 1. The van der Waals surface area contributed by atoms with E-state index in [4.69, 9.17) is 11.6 Å². The highest BCUT2D eigenvalue weighted by atomic mass is 35.5. The molecule has 0 N–H and O–H groups in total. The molecule has 2 heterocycles. The summed E-state index contributed by atoms with van der Waals surface area (Å²) in [5.74, 6) is 1.12. The van der Waals surface area contributed by atoms with Crippen molar-refractivity contribution in [3.05, 3.63) is 59.4 Å². The Bertz CT molecular complexity index is 600. The van der Waals surface area contributed by atoms with Gasteiger partial charge in [0.25, 0.3) is 0 Å². The first-order valence-electron chi connectivity index (χ1n) is 6.51. The number of hydrogen-bond acceptors (Lipinski definition) is 2. The van der Waals surface area contributed by atoms with Crippen molar-refractivity contribution in [2.45, 2.75) is 11.9 Å². The average molecular weight is 307 g/mol. The molecule has 1 aliphatic heterocycles. The zero-order valence-corrected chi connectivity index (χ0v) is 12.5. The smallest absolute Gasteiger partial charge is 0.243 e. The summed E-state index contributed by atoms with van der Waals surface area (Å²) in [4.78, 5) is 14.4. The van der Waals surface area contributed by atoms with Crippen LogP contribution in [0.4, 0.5) is 0 Å². The zero-order valence-electron chi connectivity index (χ0n) is 10.9. The molecule has 0 spiro atoms. The standard InChI is InChI=1S/C15H15ClN2OS/c16-13-5-3-4-12(10-13)15-18(8-9-20-15)14(19)11-17-6-1-2-7-17/h1-7,10,15H,8-9,11H2. The third kappa shape index (κ3) is 2.86. The van der Waals surface area contributed by atoms with Crippen LogP contribution in [0.5, 0.6) is 0 Å². The van der Waals surface area contributed by atoms with Crippen molar-refractivity contribution < 1.29 is 4.79 Å². The van der Waals surface area contributed by atoms with Gasteiger partial charge in [0.1, 0.15) is 11.9 Å². The van der Waals surface area contributed by atoms with Crippen LogP contribution in [-0.2, 0) is 11.3 Å². The lowest BCUT2D eigenvalue weighted by molar-refractivity contribution is -0.132. The second kappa shape index (κ2) is 5.94. The summed E-state index contributed by atoms with van der Waals surface area (Å²) in [6, 6.07) is 11.6. The van der Waals surface area contributed by atoms with Crippen LogP contribution in [0.25, 0.3) is 0 Å². The van der Waals surface area contributed by atoms with Gasteiger partial charge >= 0.3 is 0 Å². The van der Waals surface area contributed by atoms with Gasteiger partial charge in [0.15, 0.2) is 0 Å². The number of carbonyl (C=O) groups is 1. The number of hydrogen-bond donors (Lipinski definition) is 0. The first-order chi connectivity index (χ1) is 9.74. The van der Waals surface area contributed by atoms with E-state index in [2.05, 4.69) is 0 Å². The van der Waals surface area contributed by atoms with Crippen molar-refractivity contribution in [3.63, 3.8) is 0 Å². The highest BCUT2D eigenvalue weighted by molar-refractivity contribution is 7.99. The lowest BCUT2D eigenvalue weighted by Crippen LogP contribution is -2.33. The topological polar surface area (TPSA) is 25.2 Å². The molecule has 20 heavy (non-hydrogen) atoms. The van der Waals surface area contributed by atoms with E-state index in [9.17, 15) is 4.79 Å². The van der Waals surface area contributed by atoms with E-state index in [1.807, 2.05) is 58.3 Å². The number of nitrogens with zero attached hydrogens (tertiary/aromatic N) is 2. The summed E-state index contributed by atoms with van der Waals surface area (Å²) in [6.07, 6.45) is 3.82. The van der Waals surface area contributed by atoms with Crippen LogP contribution in [0.2, 0.25) is 5.02 Å². The second-order valence-corrected chi connectivity index (χ2v) is 6.35. The van der Waals surface area contributed by atoms with Crippen LogP contribution >= 0.6 is 23.4 Å². The van der Waals surface area contributed by atoms with E-state index >= 15 is 0 Å². The Kier molecular flexibility index (Phi) is 4.03. The van der Waals surface area contributed by atoms with Gasteiger partial charge in [-0.25, -0.2) is 0 Å². The third-order valence-corrected chi connectivity index (χ3v) is 4.82. The summed E-state index contributed by atoms with van der Waals surface area (Å²) in [5, 5.41) is 0.796. The summed E-state index contributed by atoms with van der Waals surface area (Å²) >= 11 is 7.84. The van der Waals surface area contributed by atoms with E-state index in [1.54, 1.807) is 11.8 Å². The maximum Gasteiger partial charge on any atom is 0.243 e. The molecule has 104 valence electrons. The minimum absolute atomic E-state index is 0.0803. The molecule has 1 aliphatic rings. The Hall–Kier alpha value is -1.39. The Balaban J connectivity index is 1.77. The van der Waals surface area contributed by atoms with E-state index in [1.165, 1.54) is 0 Å². The first-order valence-corrected chi connectivity index (χ1v) is 7.94. The summed E-state index contributed by atoms with van der Waals surface area (Å²) in [7, 11) is 0. The first kappa shape index (κ1) is 13.6. The van der Waals surface area contributed by atoms with Crippen molar-refractivity contribution in [2.75, 3.05) is 12.3 Å². The number of thioether (sulfide) groups is 1. The van der Waals surface area contributed by atoms with Crippen molar-refractivity contribution >= 4 is 29.3 Å². The Morgan fingerprint density at radius 1 is 1.30 bits per heavy atom. The molecule has 1 fully saturated rings. The van der Waals surface area contributed by atoms with Crippen LogP contribution in [0.1, 0.15) is 10.9 Å². The minimum atomic E-state index is 0.0803. The van der Waals surface area contributed by atoms with E-state index < -0.39 is 0 Å². The van der Waals surface area contributed by atoms with Gasteiger partial charge in [0.05, 0.1) is 0 Å². The lowest BCUT2D eigenvalue weighted by Gasteiger charge is -2.24. The normalized spacial score (nSPS) is 18.4. The highest BCUT2D eigenvalue weighted by Crippen LogP contribution is 2.38. The fourth-order valence-corrected chi connectivity index (χ4v) is 3.85. The van der Waals surface area contributed by atoms with E-state index in [0.29, 0.717) is 11.6 Å². The minimum Gasteiger partial charge on any atom is -0.345 e. The second-order valence-electron chi connectivity index (χ2n) is 4.72. The van der Waals surface area contributed by atoms with Crippen molar-refractivity contribution in [1.82, 2.24) is 9.47 Å². The summed E-state index contributed by atoms with van der Waals surface area (Å²) in [6.45, 7) is 1.19. The molecule has 1 amide bonds. The Labute approximate surface area is 127 Å². The van der Waals surface area contributed by atoms with Crippen LogP contribution in [0.15, 0.2) is 48.8 Å². The molecule has 2 aromatic rings. The number of halogens is 1. The monoisotopic (exact) mass is 306 g/mol. The molecule has 5 heteroatoms. The molecule has 0 aliphatic carbocycles. The molecule has 1 aromatic heterocycles. The number of benzene rings is 1.